The Morgan fingerprint density at radius 2 is 0.643 bits per heavy atom. The van der Waals surface area contributed by atoms with Crippen LogP contribution in [0.15, 0.2) is 417 Å². The van der Waals surface area contributed by atoms with Crippen molar-refractivity contribution in [2.45, 2.75) is 43.1 Å². The van der Waals surface area contributed by atoms with E-state index in [9.17, 15) is 0 Å². The molecule has 18 aromatic carbocycles. The third-order valence-corrected chi connectivity index (χ3v) is 24.3. The average Bonchev–Trinajstić information content (AvgIpc) is 1.53. The summed E-state index contributed by atoms with van der Waals surface area (Å²) in [5.41, 5.74) is 30.0. The summed E-state index contributed by atoms with van der Waals surface area (Å²) in [6, 6.07) is 153. The van der Waals surface area contributed by atoms with E-state index in [0.717, 1.165) is 86.9 Å². The van der Waals surface area contributed by atoms with E-state index in [-0.39, 0.29) is 0 Å². The second-order valence-electron chi connectivity index (χ2n) is 30.4. The zero-order chi connectivity index (χ0) is 74.1. The number of anilines is 5. The number of hydrogen-bond acceptors (Lipinski definition) is 3. The molecule has 2 aliphatic carbocycles. The van der Waals surface area contributed by atoms with Gasteiger partial charge in [0.05, 0.1) is 5.41 Å². The van der Waals surface area contributed by atoms with Gasteiger partial charge in [-0.3, -0.25) is 0 Å². The smallest absolute Gasteiger partial charge is 0.143 e. The number of hydrogen-bond donors (Lipinski definition) is 0. The van der Waals surface area contributed by atoms with Crippen LogP contribution in [0.5, 0.6) is 0 Å². The van der Waals surface area contributed by atoms with Gasteiger partial charge in [-0.05, 0) is 243 Å². The standard InChI is InChI=1S/C109H78N2O/c1-6-22-73(23-7-1)76-40-44-78(45-41-76)81-50-56-88(57-51-81)110(89-58-52-82(53-59-89)79-46-42-77(43-47-79)74-24-8-2-9-25-74)91-33-20-28-85(68-91)94-37-21-38-102-101-65-55-84(70-107(101)112-108(94)102)83-54-64-97-98-66-62-92(71-104(98)96-35-17-16-34-95(96)103(97)69-83)111(90-60-48-80(49-61-90)75-26-10-3-11-27-75)93-63-67-100-99-36-18-19-39-105(99)109(106(100)72-93,86-29-12-4-13-30-86)87-31-14-5-15-32-87/h1-51,54-57,60-72,82,89H,52-53,58-59H2. The summed E-state index contributed by atoms with van der Waals surface area (Å²) < 4.78 is 7.18. The van der Waals surface area contributed by atoms with Crippen molar-refractivity contribution >= 4 is 82.7 Å². The van der Waals surface area contributed by atoms with Gasteiger partial charge in [-0.25, -0.2) is 0 Å². The highest BCUT2D eigenvalue weighted by atomic mass is 16.3. The Balaban J connectivity index is 0.624. The lowest BCUT2D eigenvalue weighted by molar-refractivity contribution is 0.392. The fraction of sp³-hybridized carbons (Fsp3) is 0.0642. The Hall–Kier alpha value is -13.9. The van der Waals surface area contributed by atoms with Crippen molar-refractivity contribution in [3.05, 3.63) is 440 Å². The summed E-state index contributed by atoms with van der Waals surface area (Å²) in [5, 5.41) is 9.46. The molecule has 2 aliphatic rings. The molecule has 112 heavy (non-hydrogen) atoms. The number of fused-ring (bicyclic) bond motifs is 12. The van der Waals surface area contributed by atoms with Crippen molar-refractivity contribution in [1.82, 2.24) is 0 Å². The largest absolute Gasteiger partial charge is 0.455 e. The van der Waals surface area contributed by atoms with Crippen LogP contribution in [0.1, 0.15) is 59.4 Å². The Morgan fingerprint density at radius 3 is 1.25 bits per heavy atom. The number of rotatable bonds is 15. The predicted octanol–water partition coefficient (Wildman–Crippen LogP) is 29.7. The Bertz CT molecular complexity index is 6650. The molecule has 0 aliphatic heterocycles. The number of benzene rings is 18. The summed E-state index contributed by atoms with van der Waals surface area (Å²) in [6.07, 6.45) is 4.41. The van der Waals surface area contributed by atoms with E-state index >= 15 is 0 Å². The molecule has 0 bridgehead atoms. The highest BCUT2D eigenvalue weighted by Crippen LogP contribution is 2.58. The lowest BCUT2D eigenvalue weighted by Crippen LogP contribution is -2.34. The maximum Gasteiger partial charge on any atom is 0.143 e. The predicted molar refractivity (Wildman–Crippen MR) is 471 cm³/mol. The van der Waals surface area contributed by atoms with Gasteiger partial charge < -0.3 is 14.2 Å². The third-order valence-electron chi connectivity index (χ3n) is 24.3. The fourth-order valence-electron chi connectivity index (χ4n) is 18.9. The Labute approximate surface area is 653 Å². The molecule has 0 atom stereocenters. The SMILES string of the molecule is c1ccc(-c2ccc(-c3ccc(N(c4cccc(-c5cccc6c5oc5cc(-c7ccc8c9ccc(N(c%10ccc(-c%11ccccc%11)cc%10)c%10ccc%11c(c%10)C(c%10ccccc%10)(c%10ccccc%10)c%10ccccc%10-%11)cc9c9ccccc9c8c7)ccc56)c4)C4CCC(c5ccc(-c6ccccc6)cc5)CC4)cc3)cc2)cc1. The van der Waals surface area contributed by atoms with Crippen molar-refractivity contribution in [3.63, 3.8) is 0 Å². The zero-order valence-electron chi connectivity index (χ0n) is 62.0. The van der Waals surface area contributed by atoms with Crippen LogP contribution in [-0.2, 0) is 5.41 Å². The maximum atomic E-state index is 7.18. The first-order valence-corrected chi connectivity index (χ1v) is 39.5. The molecule has 1 saturated carbocycles. The number of para-hydroxylation sites is 1. The molecular formula is C109H78N2O. The van der Waals surface area contributed by atoms with Crippen LogP contribution in [0.3, 0.4) is 0 Å². The van der Waals surface area contributed by atoms with Gasteiger partial charge in [-0.2, -0.15) is 0 Å². The molecule has 0 saturated heterocycles. The second kappa shape index (κ2) is 28.0. The molecule has 19 aromatic rings. The van der Waals surface area contributed by atoms with E-state index in [1.807, 2.05) is 0 Å². The van der Waals surface area contributed by atoms with Gasteiger partial charge in [0, 0.05) is 50.8 Å². The molecular weight excluding hydrogens is 1350 g/mol. The van der Waals surface area contributed by atoms with Crippen molar-refractivity contribution < 1.29 is 4.42 Å². The van der Waals surface area contributed by atoms with Crippen LogP contribution in [0.25, 0.3) is 132 Å². The molecule has 3 heteroatoms. The van der Waals surface area contributed by atoms with Gasteiger partial charge in [0.15, 0.2) is 0 Å². The molecule has 0 radical (unpaired) electrons. The van der Waals surface area contributed by atoms with Gasteiger partial charge >= 0.3 is 0 Å². The van der Waals surface area contributed by atoms with E-state index in [1.165, 1.54) is 127 Å². The van der Waals surface area contributed by atoms with E-state index in [4.69, 9.17) is 4.42 Å². The second-order valence-corrected chi connectivity index (χ2v) is 30.4. The first-order valence-electron chi connectivity index (χ1n) is 39.5. The maximum absolute atomic E-state index is 7.18. The molecule has 0 unspecified atom stereocenters. The van der Waals surface area contributed by atoms with Crippen LogP contribution in [-0.4, -0.2) is 6.04 Å². The highest BCUT2D eigenvalue weighted by Gasteiger charge is 2.46. The molecule has 1 aromatic heterocycles. The van der Waals surface area contributed by atoms with E-state index in [2.05, 4.69) is 422 Å². The summed E-state index contributed by atoms with van der Waals surface area (Å²) in [7, 11) is 0. The van der Waals surface area contributed by atoms with E-state index in [0.29, 0.717) is 12.0 Å². The van der Waals surface area contributed by atoms with Crippen LogP contribution in [0.4, 0.5) is 28.4 Å². The van der Waals surface area contributed by atoms with Gasteiger partial charge in [0.25, 0.3) is 0 Å². The molecule has 0 amide bonds. The van der Waals surface area contributed by atoms with Crippen LogP contribution >= 0.6 is 0 Å². The summed E-state index contributed by atoms with van der Waals surface area (Å²) in [4.78, 5) is 5.10. The minimum absolute atomic E-state index is 0.307. The lowest BCUT2D eigenvalue weighted by Gasteiger charge is -2.39. The monoisotopic (exact) mass is 1430 g/mol. The third kappa shape index (κ3) is 11.6. The molecule has 3 nitrogen and oxygen atoms in total. The van der Waals surface area contributed by atoms with Crippen LogP contribution in [0.2, 0.25) is 0 Å². The van der Waals surface area contributed by atoms with Crippen LogP contribution < -0.4 is 9.80 Å². The van der Waals surface area contributed by atoms with Crippen molar-refractivity contribution in [1.29, 1.82) is 0 Å². The summed E-state index contributed by atoms with van der Waals surface area (Å²) in [6.45, 7) is 0. The van der Waals surface area contributed by atoms with E-state index in [1.54, 1.807) is 0 Å². The van der Waals surface area contributed by atoms with Crippen molar-refractivity contribution in [2.75, 3.05) is 9.80 Å². The first-order chi connectivity index (χ1) is 55.5. The topological polar surface area (TPSA) is 19.6 Å². The highest BCUT2D eigenvalue weighted by molar-refractivity contribution is 6.26. The molecule has 0 N–H and O–H groups in total. The normalized spacial score (nSPS) is 14.4. The first kappa shape index (κ1) is 66.4. The minimum Gasteiger partial charge on any atom is -0.455 e. The average molecular weight is 1430 g/mol. The molecule has 21 rings (SSSR count). The van der Waals surface area contributed by atoms with Crippen LogP contribution in [0, 0.1) is 0 Å². The molecule has 0 spiro atoms. The Morgan fingerprint density at radius 1 is 0.232 bits per heavy atom. The van der Waals surface area contributed by atoms with Gasteiger partial charge in [0.2, 0.25) is 0 Å². The summed E-state index contributed by atoms with van der Waals surface area (Å²) in [5.74, 6) is 0.513. The van der Waals surface area contributed by atoms with Crippen molar-refractivity contribution in [3.8, 4) is 77.9 Å². The van der Waals surface area contributed by atoms with Gasteiger partial charge in [-0.15, -0.1) is 0 Å². The van der Waals surface area contributed by atoms with Crippen molar-refractivity contribution in [2.24, 2.45) is 0 Å². The quantitative estimate of drug-likeness (QED) is 0.0954. The fourth-order valence-corrected chi connectivity index (χ4v) is 18.9. The summed E-state index contributed by atoms with van der Waals surface area (Å²) >= 11 is 0. The van der Waals surface area contributed by atoms with E-state index < -0.39 is 5.41 Å². The number of furan rings is 1. The Kier molecular flexibility index (Phi) is 16.6. The zero-order valence-corrected chi connectivity index (χ0v) is 62.0. The molecule has 1 heterocycles. The van der Waals surface area contributed by atoms with Gasteiger partial charge in [-0.1, -0.05) is 334 Å². The van der Waals surface area contributed by atoms with Gasteiger partial charge in [0.1, 0.15) is 11.2 Å². The number of nitrogens with zero attached hydrogens (tertiary/aromatic N) is 2. The molecule has 1 fully saturated rings. The molecule has 530 valence electrons. The lowest BCUT2D eigenvalue weighted by atomic mass is 9.67. The minimum atomic E-state index is -0.558.